The Bertz CT molecular complexity index is 773. The van der Waals surface area contributed by atoms with Crippen LogP contribution in [0, 0.1) is 6.92 Å². The molecule has 0 saturated heterocycles. The zero-order valence-electron chi connectivity index (χ0n) is 14.4. The van der Waals surface area contributed by atoms with Crippen molar-refractivity contribution in [2.24, 2.45) is 16.5 Å². The second kappa shape index (κ2) is 10.4. The van der Waals surface area contributed by atoms with Crippen LogP contribution in [0.4, 0.5) is 5.69 Å². The van der Waals surface area contributed by atoms with E-state index in [2.05, 4.69) is 15.6 Å². The third-order valence-corrected chi connectivity index (χ3v) is 3.40. The van der Waals surface area contributed by atoms with E-state index in [9.17, 15) is 9.59 Å². The lowest BCUT2D eigenvalue weighted by Crippen LogP contribution is -2.33. The summed E-state index contributed by atoms with van der Waals surface area (Å²) in [5, 5.41) is 5.44. The number of hydrogen-bond acceptors (Lipinski definition) is 3. The summed E-state index contributed by atoms with van der Waals surface area (Å²) in [6.07, 6.45) is 0. The van der Waals surface area contributed by atoms with Gasteiger partial charge in [-0.1, -0.05) is 29.8 Å². The van der Waals surface area contributed by atoms with Crippen molar-refractivity contribution >= 4 is 47.4 Å². The van der Waals surface area contributed by atoms with Gasteiger partial charge in [0.25, 0.3) is 5.91 Å². The van der Waals surface area contributed by atoms with Crippen LogP contribution in [-0.4, -0.2) is 24.3 Å². The summed E-state index contributed by atoms with van der Waals surface area (Å²) in [6.45, 7) is 2.21. The summed E-state index contributed by atoms with van der Waals surface area (Å²) in [4.78, 5) is 26.7. The summed E-state index contributed by atoms with van der Waals surface area (Å²) in [5.41, 5.74) is 14.2. The van der Waals surface area contributed by atoms with E-state index in [-0.39, 0.29) is 36.4 Å². The number of amides is 2. The highest BCUT2D eigenvalue weighted by molar-refractivity contribution is 14.0. The maximum Gasteiger partial charge on any atom is 0.251 e. The molecule has 2 aromatic carbocycles. The van der Waals surface area contributed by atoms with Crippen molar-refractivity contribution in [1.29, 1.82) is 0 Å². The molecule has 0 unspecified atom stereocenters. The Morgan fingerprint density at radius 2 is 1.62 bits per heavy atom. The second-order valence-electron chi connectivity index (χ2n) is 5.54. The van der Waals surface area contributed by atoms with Crippen molar-refractivity contribution in [2.75, 3.05) is 11.9 Å². The molecule has 8 heteroatoms. The first-order valence-electron chi connectivity index (χ1n) is 7.73. The molecule has 6 N–H and O–H groups in total. The highest BCUT2D eigenvalue weighted by Gasteiger charge is 2.06. The van der Waals surface area contributed by atoms with Crippen LogP contribution in [0.25, 0.3) is 0 Å². The maximum absolute atomic E-state index is 11.8. The molecule has 0 saturated carbocycles. The number of rotatable bonds is 6. The molecule has 0 aliphatic carbocycles. The van der Waals surface area contributed by atoms with Gasteiger partial charge in [0.15, 0.2) is 5.96 Å². The summed E-state index contributed by atoms with van der Waals surface area (Å²) in [6, 6.07) is 14.7. The lowest BCUT2D eigenvalue weighted by Gasteiger charge is -2.06. The molecular formula is C18H22IN5O2. The van der Waals surface area contributed by atoms with Gasteiger partial charge in [-0.25, -0.2) is 4.99 Å². The molecule has 26 heavy (non-hydrogen) atoms. The largest absolute Gasteiger partial charge is 0.370 e. The summed E-state index contributed by atoms with van der Waals surface area (Å²) >= 11 is 0. The summed E-state index contributed by atoms with van der Waals surface area (Å²) in [7, 11) is 0. The number of benzene rings is 2. The first-order chi connectivity index (χ1) is 11.9. The molecule has 0 atom stereocenters. The van der Waals surface area contributed by atoms with Crippen LogP contribution in [0.1, 0.15) is 21.5 Å². The quantitative estimate of drug-likeness (QED) is 0.294. The fraction of sp³-hybridized carbons (Fsp3) is 0.167. The van der Waals surface area contributed by atoms with Gasteiger partial charge in [-0.15, -0.1) is 24.0 Å². The standard InChI is InChI=1S/C18H21N5O2.HI/c1-12-2-8-15(9-3-12)23-18(20)22-10-13-4-6-14(7-5-13)17(25)21-11-16(19)24;/h2-9H,10-11H2,1H3,(H2,19,24)(H,21,25)(H3,20,22,23);1H. The van der Waals surface area contributed by atoms with Crippen LogP contribution in [0.2, 0.25) is 0 Å². The molecule has 0 spiro atoms. The van der Waals surface area contributed by atoms with Gasteiger partial charge in [-0.2, -0.15) is 0 Å². The van der Waals surface area contributed by atoms with Gasteiger partial charge >= 0.3 is 0 Å². The van der Waals surface area contributed by atoms with E-state index in [0.29, 0.717) is 18.1 Å². The van der Waals surface area contributed by atoms with Crippen molar-refractivity contribution in [1.82, 2.24) is 5.32 Å². The monoisotopic (exact) mass is 467 g/mol. The van der Waals surface area contributed by atoms with Gasteiger partial charge in [0.05, 0.1) is 13.1 Å². The number of halogens is 1. The molecule has 2 aromatic rings. The average molecular weight is 467 g/mol. The molecule has 0 radical (unpaired) electrons. The number of anilines is 1. The number of hydrogen-bond donors (Lipinski definition) is 4. The fourth-order valence-corrected chi connectivity index (χ4v) is 2.03. The van der Waals surface area contributed by atoms with Gasteiger partial charge in [0, 0.05) is 11.3 Å². The van der Waals surface area contributed by atoms with Crippen LogP contribution >= 0.6 is 24.0 Å². The van der Waals surface area contributed by atoms with Gasteiger partial charge < -0.3 is 22.1 Å². The van der Waals surface area contributed by atoms with Gasteiger partial charge in [-0.3, -0.25) is 9.59 Å². The molecule has 2 rings (SSSR count). The molecule has 138 valence electrons. The first-order valence-corrected chi connectivity index (χ1v) is 7.73. The molecule has 0 aliphatic rings. The van der Waals surface area contributed by atoms with E-state index >= 15 is 0 Å². The fourth-order valence-electron chi connectivity index (χ4n) is 2.03. The maximum atomic E-state index is 11.8. The third kappa shape index (κ3) is 7.09. The van der Waals surface area contributed by atoms with Crippen LogP contribution in [-0.2, 0) is 11.3 Å². The molecule has 0 aliphatic heterocycles. The third-order valence-electron chi connectivity index (χ3n) is 3.40. The van der Waals surface area contributed by atoms with E-state index in [4.69, 9.17) is 11.5 Å². The molecule has 0 heterocycles. The zero-order valence-corrected chi connectivity index (χ0v) is 16.7. The van der Waals surface area contributed by atoms with Crippen LogP contribution in [0.3, 0.4) is 0 Å². The number of guanidine groups is 1. The van der Waals surface area contributed by atoms with E-state index in [1.54, 1.807) is 24.3 Å². The number of aryl methyl sites for hydroxylation is 1. The molecule has 0 aromatic heterocycles. The minimum absolute atomic E-state index is 0. The Morgan fingerprint density at radius 3 is 2.19 bits per heavy atom. The first kappa shape index (κ1) is 21.4. The van der Waals surface area contributed by atoms with Gasteiger partial charge in [0.2, 0.25) is 5.91 Å². The van der Waals surface area contributed by atoms with Gasteiger partial charge in [-0.05, 0) is 36.8 Å². The lowest BCUT2D eigenvalue weighted by molar-refractivity contribution is -0.117. The average Bonchev–Trinajstić information content (AvgIpc) is 2.60. The highest BCUT2D eigenvalue weighted by atomic mass is 127. The minimum Gasteiger partial charge on any atom is -0.370 e. The zero-order chi connectivity index (χ0) is 18.2. The number of nitrogens with one attached hydrogen (secondary N) is 2. The van der Waals surface area contributed by atoms with Crippen molar-refractivity contribution in [3.8, 4) is 0 Å². The number of carbonyl (C=O) groups excluding carboxylic acids is 2. The topological polar surface area (TPSA) is 123 Å². The van der Waals surface area contributed by atoms with Crippen molar-refractivity contribution in [2.45, 2.75) is 13.5 Å². The molecule has 2 amide bonds. The van der Waals surface area contributed by atoms with E-state index in [1.165, 1.54) is 5.56 Å². The predicted octanol–water partition coefficient (Wildman–Crippen LogP) is 1.75. The van der Waals surface area contributed by atoms with Crippen LogP contribution < -0.4 is 22.1 Å². The number of primary amides is 1. The van der Waals surface area contributed by atoms with Crippen LogP contribution in [0.5, 0.6) is 0 Å². The Balaban J connectivity index is 0.00000338. The van der Waals surface area contributed by atoms with Gasteiger partial charge in [0.1, 0.15) is 0 Å². The summed E-state index contributed by atoms with van der Waals surface area (Å²) < 4.78 is 0. The number of nitrogens with zero attached hydrogens (tertiary/aromatic N) is 1. The predicted molar refractivity (Wildman–Crippen MR) is 114 cm³/mol. The Hall–Kier alpha value is -2.62. The Labute approximate surface area is 169 Å². The smallest absolute Gasteiger partial charge is 0.251 e. The number of aliphatic imine (C=N–C) groups is 1. The summed E-state index contributed by atoms with van der Waals surface area (Å²) in [5.74, 6) is -0.627. The van der Waals surface area contributed by atoms with Crippen molar-refractivity contribution in [3.63, 3.8) is 0 Å². The van der Waals surface area contributed by atoms with Crippen molar-refractivity contribution < 1.29 is 9.59 Å². The van der Waals surface area contributed by atoms with Crippen LogP contribution in [0.15, 0.2) is 53.5 Å². The Morgan fingerprint density at radius 1 is 1.00 bits per heavy atom. The normalized spacial score (nSPS) is 10.6. The Kier molecular flexibility index (Phi) is 8.56. The van der Waals surface area contributed by atoms with E-state index in [0.717, 1.165) is 11.3 Å². The van der Waals surface area contributed by atoms with E-state index in [1.807, 2.05) is 31.2 Å². The minimum atomic E-state index is -0.587. The SMILES string of the molecule is Cc1ccc(NC(N)=NCc2ccc(C(=O)NCC(N)=O)cc2)cc1.I. The molecule has 0 fully saturated rings. The number of carbonyl (C=O) groups is 2. The van der Waals surface area contributed by atoms with E-state index < -0.39 is 5.91 Å². The number of nitrogens with two attached hydrogens (primary N) is 2. The molecular weight excluding hydrogens is 445 g/mol. The van der Waals surface area contributed by atoms with Crippen molar-refractivity contribution in [3.05, 3.63) is 65.2 Å². The lowest BCUT2D eigenvalue weighted by atomic mass is 10.1. The highest BCUT2D eigenvalue weighted by Crippen LogP contribution is 2.09. The molecule has 0 bridgehead atoms. The molecule has 7 nitrogen and oxygen atoms in total. The second-order valence-corrected chi connectivity index (χ2v) is 5.54.